The largest absolute Gasteiger partial charge is 0.346 e. The van der Waals surface area contributed by atoms with Crippen molar-refractivity contribution in [1.29, 1.82) is 0 Å². The predicted octanol–water partition coefficient (Wildman–Crippen LogP) is 2.21. The molecule has 2 aromatic rings. The van der Waals surface area contributed by atoms with E-state index in [4.69, 9.17) is 23.2 Å². The number of halogens is 2. The van der Waals surface area contributed by atoms with Crippen LogP contribution in [0.25, 0.3) is 0 Å². The van der Waals surface area contributed by atoms with Crippen molar-refractivity contribution in [3.8, 4) is 0 Å². The molecule has 134 valence electrons. The lowest BCUT2D eigenvalue weighted by atomic mass is 10.3. The molecule has 1 aromatic carbocycles. The van der Waals surface area contributed by atoms with Crippen LogP contribution in [-0.4, -0.2) is 31.4 Å². The van der Waals surface area contributed by atoms with Crippen LogP contribution in [-0.2, 0) is 16.1 Å². The third-order valence-electron chi connectivity index (χ3n) is 3.57. The minimum atomic E-state index is -0.202. The van der Waals surface area contributed by atoms with Gasteiger partial charge < -0.3 is 15.5 Å². The van der Waals surface area contributed by atoms with Gasteiger partial charge in [-0.1, -0.05) is 29.3 Å². The van der Waals surface area contributed by atoms with Gasteiger partial charge in [0, 0.05) is 9.90 Å². The first-order valence-corrected chi connectivity index (χ1v) is 9.49. The van der Waals surface area contributed by atoms with Crippen LogP contribution in [0.3, 0.4) is 0 Å². The molecule has 3 N–H and O–H groups in total. The summed E-state index contributed by atoms with van der Waals surface area (Å²) in [6.45, 7) is 3.53. The SMILES string of the molecule is CC[NH+](CC(=O)NCc1cccs1)CC(=O)Nc1ccc(Cl)cc1Cl. The van der Waals surface area contributed by atoms with Gasteiger partial charge in [-0.25, -0.2) is 0 Å². The Morgan fingerprint density at radius 2 is 1.92 bits per heavy atom. The molecule has 0 aliphatic carbocycles. The number of nitrogens with one attached hydrogen (secondary N) is 3. The van der Waals surface area contributed by atoms with Crippen LogP contribution in [0.15, 0.2) is 35.7 Å². The average Bonchev–Trinajstić information content (AvgIpc) is 3.08. The van der Waals surface area contributed by atoms with E-state index in [0.29, 0.717) is 28.8 Å². The Morgan fingerprint density at radius 3 is 2.56 bits per heavy atom. The number of anilines is 1. The molecule has 1 unspecified atom stereocenters. The van der Waals surface area contributed by atoms with Gasteiger partial charge in [-0.2, -0.15) is 0 Å². The van der Waals surface area contributed by atoms with Crippen molar-refractivity contribution in [3.05, 3.63) is 50.6 Å². The fraction of sp³-hybridized carbons (Fsp3) is 0.294. The number of hydrogen-bond acceptors (Lipinski definition) is 3. The van der Waals surface area contributed by atoms with Crippen LogP contribution in [0.4, 0.5) is 5.69 Å². The molecule has 8 heteroatoms. The second-order valence-electron chi connectivity index (χ2n) is 5.49. The summed E-state index contributed by atoms with van der Waals surface area (Å²) in [5.74, 6) is -0.283. The Morgan fingerprint density at radius 1 is 1.16 bits per heavy atom. The molecule has 0 aliphatic heterocycles. The minimum absolute atomic E-state index is 0.0809. The number of carbonyl (C=O) groups is 2. The molecule has 1 heterocycles. The monoisotopic (exact) mass is 400 g/mol. The smallest absolute Gasteiger partial charge is 0.279 e. The molecule has 2 amide bonds. The lowest BCUT2D eigenvalue weighted by molar-refractivity contribution is -0.881. The molecule has 0 spiro atoms. The second-order valence-corrected chi connectivity index (χ2v) is 7.36. The van der Waals surface area contributed by atoms with Gasteiger partial charge in [0.25, 0.3) is 11.8 Å². The predicted molar refractivity (Wildman–Crippen MR) is 102 cm³/mol. The summed E-state index contributed by atoms with van der Waals surface area (Å²) in [4.78, 5) is 26.2. The minimum Gasteiger partial charge on any atom is -0.346 e. The molecule has 1 atom stereocenters. The highest BCUT2D eigenvalue weighted by Gasteiger charge is 2.17. The van der Waals surface area contributed by atoms with E-state index in [0.717, 1.165) is 9.78 Å². The van der Waals surface area contributed by atoms with Crippen LogP contribution in [0, 0.1) is 0 Å². The van der Waals surface area contributed by atoms with Gasteiger partial charge in [-0.15, -0.1) is 11.3 Å². The Balaban J connectivity index is 1.81. The highest BCUT2D eigenvalue weighted by Crippen LogP contribution is 2.25. The zero-order valence-electron chi connectivity index (χ0n) is 13.8. The lowest BCUT2D eigenvalue weighted by Crippen LogP contribution is -3.13. The third-order valence-corrected chi connectivity index (χ3v) is 4.99. The first-order chi connectivity index (χ1) is 12.0. The van der Waals surface area contributed by atoms with Crippen LogP contribution < -0.4 is 15.5 Å². The number of likely N-dealkylation sites (N-methyl/N-ethyl adjacent to an activating group) is 1. The molecule has 0 fully saturated rings. The van der Waals surface area contributed by atoms with Crippen molar-refractivity contribution in [1.82, 2.24) is 5.32 Å². The van der Waals surface area contributed by atoms with Gasteiger partial charge in [0.15, 0.2) is 13.1 Å². The zero-order chi connectivity index (χ0) is 18.2. The van der Waals surface area contributed by atoms with Gasteiger partial charge >= 0.3 is 0 Å². The van der Waals surface area contributed by atoms with Crippen LogP contribution >= 0.6 is 34.5 Å². The number of amides is 2. The third kappa shape index (κ3) is 6.66. The summed E-state index contributed by atoms with van der Waals surface area (Å²) in [5.41, 5.74) is 0.508. The van der Waals surface area contributed by atoms with Gasteiger partial charge in [0.05, 0.1) is 23.8 Å². The first kappa shape index (κ1) is 19.7. The molecule has 2 rings (SSSR count). The van der Waals surface area contributed by atoms with E-state index in [-0.39, 0.29) is 24.9 Å². The zero-order valence-corrected chi connectivity index (χ0v) is 16.1. The summed E-state index contributed by atoms with van der Waals surface area (Å²) in [5, 5.41) is 8.48. The maximum atomic E-state index is 12.2. The quantitative estimate of drug-likeness (QED) is 0.635. The molecule has 0 bridgehead atoms. The van der Waals surface area contributed by atoms with Crippen LogP contribution in [0.2, 0.25) is 10.0 Å². The standard InChI is InChI=1S/C17H19Cl2N3O2S/c1-2-22(10-16(23)20-9-13-4-3-7-25-13)11-17(24)21-15-6-5-12(18)8-14(15)19/h3-8H,2,9-11H2,1H3,(H,20,23)(H,21,24)/p+1. The number of rotatable bonds is 8. The Labute approximate surface area is 160 Å². The highest BCUT2D eigenvalue weighted by atomic mass is 35.5. The van der Waals surface area contributed by atoms with Crippen LogP contribution in [0.1, 0.15) is 11.8 Å². The van der Waals surface area contributed by atoms with Crippen molar-refractivity contribution in [2.24, 2.45) is 0 Å². The van der Waals surface area contributed by atoms with E-state index in [2.05, 4.69) is 10.6 Å². The van der Waals surface area contributed by atoms with Gasteiger partial charge in [-0.05, 0) is 36.6 Å². The van der Waals surface area contributed by atoms with E-state index >= 15 is 0 Å². The second kappa shape index (κ2) is 9.77. The summed E-state index contributed by atoms with van der Waals surface area (Å²) >= 11 is 13.5. The lowest BCUT2D eigenvalue weighted by Gasteiger charge is -2.17. The summed E-state index contributed by atoms with van der Waals surface area (Å²) in [6.07, 6.45) is 0. The Hall–Kier alpha value is -1.60. The molecule has 0 saturated carbocycles. The maximum absolute atomic E-state index is 12.2. The number of hydrogen-bond donors (Lipinski definition) is 3. The number of carbonyl (C=O) groups excluding carboxylic acids is 2. The number of thiophene rings is 1. The van der Waals surface area contributed by atoms with Gasteiger partial charge in [0.2, 0.25) is 0 Å². The number of quaternary nitrogens is 1. The average molecular weight is 401 g/mol. The Bertz CT molecular complexity index is 723. The topological polar surface area (TPSA) is 62.6 Å². The van der Waals surface area contributed by atoms with Crippen LogP contribution in [0.5, 0.6) is 0 Å². The van der Waals surface area contributed by atoms with E-state index in [9.17, 15) is 9.59 Å². The fourth-order valence-electron chi connectivity index (χ4n) is 2.21. The first-order valence-electron chi connectivity index (χ1n) is 7.85. The summed E-state index contributed by atoms with van der Waals surface area (Å²) in [7, 11) is 0. The highest BCUT2D eigenvalue weighted by molar-refractivity contribution is 7.09. The summed E-state index contributed by atoms with van der Waals surface area (Å²) < 4.78 is 0. The molecule has 5 nitrogen and oxygen atoms in total. The van der Waals surface area contributed by atoms with E-state index in [1.165, 1.54) is 0 Å². The summed E-state index contributed by atoms with van der Waals surface area (Å²) in [6, 6.07) is 8.80. The molecule has 0 aliphatic rings. The van der Waals surface area contributed by atoms with Gasteiger partial charge in [-0.3, -0.25) is 9.59 Å². The maximum Gasteiger partial charge on any atom is 0.279 e. The number of benzene rings is 1. The van der Waals surface area contributed by atoms with Crippen molar-refractivity contribution in [2.75, 3.05) is 25.0 Å². The molecule has 1 aromatic heterocycles. The molecular formula is C17H20Cl2N3O2S+. The van der Waals surface area contributed by atoms with Crippen molar-refractivity contribution < 1.29 is 14.5 Å². The Kier molecular flexibility index (Phi) is 7.71. The molecule has 0 radical (unpaired) electrons. The van der Waals surface area contributed by atoms with Crippen molar-refractivity contribution >= 4 is 52.0 Å². The van der Waals surface area contributed by atoms with E-state index in [1.54, 1.807) is 29.5 Å². The van der Waals surface area contributed by atoms with Crippen molar-refractivity contribution in [3.63, 3.8) is 0 Å². The van der Waals surface area contributed by atoms with Crippen molar-refractivity contribution in [2.45, 2.75) is 13.5 Å². The van der Waals surface area contributed by atoms with E-state index in [1.807, 2.05) is 24.4 Å². The fourth-order valence-corrected chi connectivity index (χ4v) is 3.31. The molecule has 0 saturated heterocycles. The van der Waals surface area contributed by atoms with E-state index < -0.39 is 0 Å². The molecular weight excluding hydrogens is 381 g/mol. The molecule has 25 heavy (non-hydrogen) atoms. The normalized spacial score (nSPS) is 11.8. The van der Waals surface area contributed by atoms with Gasteiger partial charge in [0.1, 0.15) is 0 Å².